The van der Waals surface area contributed by atoms with E-state index in [1.54, 1.807) is 24.5 Å². The van der Waals surface area contributed by atoms with Crippen molar-refractivity contribution in [3.63, 3.8) is 0 Å². The maximum atomic E-state index is 11.5. The van der Waals surface area contributed by atoms with Gasteiger partial charge in [0.25, 0.3) is 0 Å². The molecular formula is C17H14N6O. The molecule has 0 saturated carbocycles. The third-order valence-corrected chi connectivity index (χ3v) is 3.86. The van der Waals surface area contributed by atoms with Crippen LogP contribution in [0.15, 0.2) is 60.9 Å². The van der Waals surface area contributed by atoms with Gasteiger partial charge in [0.2, 0.25) is 5.91 Å². The number of aromatic nitrogens is 3. The fourth-order valence-corrected chi connectivity index (χ4v) is 2.78. The minimum atomic E-state index is -0.491. The predicted octanol–water partition coefficient (Wildman–Crippen LogP) is 2.23. The highest BCUT2D eigenvalue weighted by Crippen LogP contribution is 2.44. The lowest BCUT2D eigenvalue weighted by molar-refractivity contribution is 0.1000. The molecule has 1 unspecified atom stereocenters. The van der Waals surface area contributed by atoms with Crippen molar-refractivity contribution in [1.29, 1.82) is 0 Å². The normalized spacial score (nSPS) is 15.7. The van der Waals surface area contributed by atoms with Crippen molar-refractivity contribution in [2.45, 2.75) is 6.17 Å². The number of amides is 1. The number of nitrogens with zero attached hydrogens (tertiary/aromatic N) is 4. The fourth-order valence-electron chi connectivity index (χ4n) is 2.78. The van der Waals surface area contributed by atoms with Gasteiger partial charge in [0, 0.05) is 18.0 Å². The number of para-hydroxylation sites is 2. The summed E-state index contributed by atoms with van der Waals surface area (Å²) < 4.78 is 0. The summed E-state index contributed by atoms with van der Waals surface area (Å²) in [5.74, 6) is 0.120. The van der Waals surface area contributed by atoms with E-state index in [9.17, 15) is 4.79 Å². The minimum Gasteiger partial charge on any atom is -0.366 e. The molecule has 1 atom stereocenters. The van der Waals surface area contributed by atoms with E-state index >= 15 is 0 Å². The van der Waals surface area contributed by atoms with Crippen molar-refractivity contribution < 1.29 is 4.79 Å². The van der Waals surface area contributed by atoms with Gasteiger partial charge in [-0.2, -0.15) is 10.2 Å². The molecule has 3 N–H and O–H groups in total. The second-order valence-corrected chi connectivity index (χ2v) is 5.35. The zero-order chi connectivity index (χ0) is 16.5. The second kappa shape index (κ2) is 5.62. The molecule has 1 aliphatic heterocycles. The molecule has 7 heteroatoms. The summed E-state index contributed by atoms with van der Waals surface area (Å²) in [5, 5.41) is 11.6. The van der Waals surface area contributed by atoms with Gasteiger partial charge in [0.1, 0.15) is 11.5 Å². The number of rotatable bonds is 3. The highest BCUT2D eigenvalue weighted by atomic mass is 16.1. The number of fused-ring (bicyclic) bond motifs is 1. The van der Waals surface area contributed by atoms with Crippen LogP contribution < -0.4 is 16.0 Å². The van der Waals surface area contributed by atoms with Crippen molar-refractivity contribution in [2.75, 3.05) is 10.2 Å². The van der Waals surface area contributed by atoms with Crippen molar-refractivity contribution in [3.8, 4) is 0 Å². The Labute approximate surface area is 138 Å². The molecule has 2 aromatic heterocycles. The van der Waals surface area contributed by atoms with Gasteiger partial charge in [0.05, 0.1) is 11.4 Å². The Morgan fingerprint density at radius 1 is 1.12 bits per heavy atom. The first-order valence-corrected chi connectivity index (χ1v) is 7.42. The van der Waals surface area contributed by atoms with Gasteiger partial charge in [-0.05, 0) is 36.4 Å². The zero-order valence-electron chi connectivity index (χ0n) is 12.6. The summed E-state index contributed by atoms with van der Waals surface area (Å²) in [6.45, 7) is 0. The van der Waals surface area contributed by atoms with Crippen LogP contribution >= 0.6 is 0 Å². The van der Waals surface area contributed by atoms with Crippen molar-refractivity contribution in [2.24, 2.45) is 5.73 Å². The lowest BCUT2D eigenvalue weighted by atomic mass is 10.2. The van der Waals surface area contributed by atoms with Gasteiger partial charge in [-0.25, -0.2) is 4.98 Å². The molecule has 118 valence electrons. The number of primary amides is 1. The molecule has 3 aromatic rings. The van der Waals surface area contributed by atoms with Gasteiger partial charge in [-0.3, -0.25) is 9.69 Å². The molecule has 1 aromatic carbocycles. The topological polar surface area (TPSA) is 97.0 Å². The number of nitrogens with two attached hydrogens (primary N) is 1. The fraction of sp³-hybridized carbons (Fsp3) is 0.0588. The summed E-state index contributed by atoms with van der Waals surface area (Å²) in [6, 6.07) is 14.9. The maximum Gasteiger partial charge on any atom is 0.248 e. The quantitative estimate of drug-likeness (QED) is 0.768. The van der Waals surface area contributed by atoms with Crippen LogP contribution in [0.1, 0.15) is 22.2 Å². The Morgan fingerprint density at radius 3 is 2.79 bits per heavy atom. The lowest BCUT2D eigenvalue weighted by Crippen LogP contribution is -2.25. The van der Waals surface area contributed by atoms with E-state index in [0.717, 1.165) is 17.1 Å². The van der Waals surface area contributed by atoms with E-state index in [0.29, 0.717) is 11.4 Å². The molecule has 0 spiro atoms. The first kappa shape index (κ1) is 14.1. The molecule has 1 amide bonds. The summed E-state index contributed by atoms with van der Waals surface area (Å²) in [6.07, 6.45) is 2.93. The summed E-state index contributed by atoms with van der Waals surface area (Å²) in [5.41, 5.74) is 8.46. The molecule has 0 aliphatic carbocycles. The first-order chi connectivity index (χ1) is 11.7. The number of anilines is 3. The Bertz CT molecular complexity index is 898. The largest absolute Gasteiger partial charge is 0.366 e. The Balaban J connectivity index is 1.85. The summed E-state index contributed by atoms with van der Waals surface area (Å²) in [7, 11) is 0. The number of pyridine rings is 1. The van der Waals surface area contributed by atoms with Crippen LogP contribution in [0.2, 0.25) is 0 Å². The van der Waals surface area contributed by atoms with Gasteiger partial charge >= 0.3 is 0 Å². The monoisotopic (exact) mass is 318 g/mol. The van der Waals surface area contributed by atoms with E-state index in [1.165, 1.54) is 0 Å². The number of hydrogen-bond acceptors (Lipinski definition) is 6. The van der Waals surface area contributed by atoms with Gasteiger partial charge in [-0.15, -0.1) is 0 Å². The smallest absolute Gasteiger partial charge is 0.248 e. The Hall–Kier alpha value is -3.48. The molecular weight excluding hydrogens is 304 g/mol. The van der Waals surface area contributed by atoms with E-state index in [4.69, 9.17) is 5.73 Å². The number of carbonyl (C=O) groups excluding carboxylic acids is 1. The van der Waals surface area contributed by atoms with Gasteiger partial charge in [-0.1, -0.05) is 12.1 Å². The third-order valence-electron chi connectivity index (χ3n) is 3.86. The standard InChI is InChI=1S/C17H14N6O/c18-16(24)11-7-9-19-15(10-11)23-14-6-2-1-4-12(14)21-17(23)13-5-3-8-20-22-13/h1-10,17,21H,(H2,18,24). The van der Waals surface area contributed by atoms with E-state index in [1.807, 2.05) is 41.3 Å². The van der Waals surface area contributed by atoms with Gasteiger partial charge in [0.15, 0.2) is 6.17 Å². The summed E-state index contributed by atoms with van der Waals surface area (Å²) >= 11 is 0. The van der Waals surface area contributed by atoms with E-state index in [2.05, 4.69) is 20.5 Å². The molecule has 4 rings (SSSR count). The average molecular weight is 318 g/mol. The molecule has 3 heterocycles. The third kappa shape index (κ3) is 2.32. The number of carbonyl (C=O) groups is 1. The summed E-state index contributed by atoms with van der Waals surface area (Å²) in [4.78, 5) is 17.9. The van der Waals surface area contributed by atoms with Gasteiger partial charge < -0.3 is 11.1 Å². The van der Waals surface area contributed by atoms with Crippen molar-refractivity contribution >= 4 is 23.1 Å². The highest BCUT2D eigenvalue weighted by molar-refractivity contribution is 5.94. The van der Waals surface area contributed by atoms with Crippen LogP contribution in [0.4, 0.5) is 17.2 Å². The molecule has 0 bridgehead atoms. The Morgan fingerprint density at radius 2 is 2.00 bits per heavy atom. The zero-order valence-corrected chi connectivity index (χ0v) is 12.6. The van der Waals surface area contributed by atoms with Crippen LogP contribution in [0.25, 0.3) is 0 Å². The van der Waals surface area contributed by atoms with E-state index in [-0.39, 0.29) is 6.17 Å². The van der Waals surface area contributed by atoms with Crippen LogP contribution in [0.3, 0.4) is 0 Å². The van der Waals surface area contributed by atoms with Crippen LogP contribution in [0.5, 0.6) is 0 Å². The highest BCUT2D eigenvalue weighted by Gasteiger charge is 2.33. The lowest BCUT2D eigenvalue weighted by Gasteiger charge is -2.25. The van der Waals surface area contributed by atoms with Crippen LogP contribution in [-0.4, -0.2) is 21.1 Å². The molecule has 7 nitrogen and oxygen atoms in total. The molecule has 0 fully saturated rings. The predicted molar refractivity (Wildman–Crippen MR) is 89.7 cm³/mol. The maximum absolute atomic E-state index is 11.5. The number of nitrogens with one attached hydrogen (secondary N) is 1. The van der Waals surface area contributed by atoms with Crippen LogP contribution in [-0.2, 0) is 0 Å². The second-order valence-electron chi connectivity index (χ2n) is 5.35. The van der Waals surface area contributed by atoms with Crippen LogP contribution in [0, 0.1) is 0 Å². The molecule has 0 saturated heterocycles. The Kier molecular flexibility index (Phi) is 3.31. The van der Waals surface area contributed by atoms with Crippen molar-refractivity contribution in [3.05, 3.63) is 72.2 Å². The number of hydrogen-bond donors (Lipinski definition) is 2. The molecule has 0 radical (unpaired) electrons. The number of benzene rings is 1. The SMILES string of the molecule is NC(=O)c1ccnc(N2c3ccccc3NC2c2cccnn2)c1. The molecule has 1 aliphatic rings. The molecule has 24 heavy (non-hydrogen) atoms. The minimum absolute atomic E-state index is 0.272. The average Bonchev–Trinajstić information content (AvgIpc) is 3.02. The first-order valence-electron chi connectivity index (χ1n) is 7.42. The van der Waals surface area contributed by atoms with E-state index < -0.39 is 5.91 Å². The van der Waals surface area contributed by atoms with Crippen molar-refractivity contribution in [1.82, 2.24) is 15.2 Å².